The van der Waals surface area contributed by atoms with Gasteiger partial charge >= 0.3 is 17.1 Å². The smallest absolute Gasteiger partial charge is 0.335 e. The molecular formula is C29H44N6O7Si2. The summed E-state index contributed by atoms with van der Waals surface area (Å²) in [4.78, 5) is 26.6. The summed E-state index contributed by atoms with van der Waals surface area (Å²) < 4.78 is 30.0. The molecule has 2 aliphatic heterocycles. The van der Waals surface area contributed by atoms with Crippen molar-refractivity contribution in [3.05, 3.63) is 36.4 Å². The van der Waals surface area contributed by atoms with Gasteiger partial charge in [0.1, 0.15) is 41.6 Å². The molecule has 2 aromatic heterocycles. The summed E-state index contributed by atoms with van der Waals surface area (Å²) in [6, 6.07) is 2.97. The number of phenols is 2. The molecule has 2 fully saturated rings. The van der Waals surface area contributed by atoms with Crippen LogP contribution < -0.4 is 11.1 Å². The number of phenolic OH excluding ortho intramolecular Hbond substituents is 2. The summed E-state index contributed by atoms with van der Waals surface area (Å²) in [5.41, 5.74) is 7.42. The maximum atomic E-state index is 13.7. The number of carbonyl (C=O) groups excluding carboxylic acids is 1. The van der Waals surface area contributed by atoms with Crippen LogP contribution in [-0.2, 0) is 17.7 Å². The van der Waals surface area contributed by atoms with Crippen LogP contribution in [0.5, 0.6) is 11.5 Å². The van der Waals surface area contributed by atoms with E-state index in [1.165, 1.54) is 18.5 Å². The number of benzene rings is 1. The molecule has 3 aromatic rings. The van der Waals surface area contributed by atoms with Crippen molar-refractivity contribution in [2.75, 3.05) is 12.3 Å². The quantitative estimate of drug-likeness (QED) is 0.267. The third-order valence-corrected chi connectivity index (χ3v) is 19.0. The molecule has 0 spiro atoms. The summed E-state index contributed by atoms with van der Waals surface area (Å²) in [7, 11) is -5.92. The van der Waals surface area contributed by atoms with Crippen LogP contribution in [0.15, 0.2) is 30.9 Å². The number of aromatic hydroxyl groups is 2. The number of imidazole rings is 1. The van der Waals surface area contributed by atoms with E-state index in [1.807, 2.05) is 0 Å². The average Bonchev–Trinajstić information content (AvgIpc) is 3.49. The van der Waals surface area contributed by atoms with Gasteiger partial charge in [-0.05, 0) is 34.3 Å². The number of nitrogens with two attached hydrogens (primary N) is 1. The Kier molecular flexibility index (Phi) is 8.83. The Balaban J connectivity index is 1.64. The van der Waals surface area contributed by atoms with E-state index < -0.39 is 47.5 Å². The van der Waals surface area contributed by atoms with Crippen LogP contribution in [0.4, 0.5) is 5.82 Å². The number of amides is 1. The predicted octanol–water partition coefficient (Wildman–Crippen LogP) is 4.47. The summed E-state index contributed by atoms with van der Waals surface area (Å²) >= 11 is 0. The van der Waals surface area contributed by atoms with E-state index in [-0.39, 0.29) is 51.7 Å². The number of fused-ring (bicyclic) bond motifs is 2. The number of carbonyl (C=O) groups is 1. The Bertz CT molecular complexity index is 1480. The van der Waals surface area contributed by atoms with Crippen molar-refractivity contribution in [1.82, 2.24) is 24.8 Å². The fraction of sp³-hybridized carbons (Fsp3) is 0.586. The molecule has 4 heterocycles. The number of aromatic nitrogens is 4. The third kappa shape index (κ3) is 5.49. The van der Waals surface area contributed by atoms with Crippen LogP contribution in [0.1, 0.15) is 72.0 Å². The molecule has 5 rings (SSSR count). The van der Waals surface area contributed by atoms with Gasteiger partial charge in [0.05, 0.1) is 12.9 Å². The van der Waals surface area contributed by atoms with Crippen LogP contribution >= 0.6 is 0 Å². The lowest BCUT2D eigenvalue weighted by atomic mass is 10.1. The van der Waals surface area contributed by atoms with Crippen molar-refractivity contribution in [2.24, 2.45) is 0 Å². The topological polar surface area (TPSA) is 176 Å². The molecule has 44 heavy (non-hydrogen) atoms. The van der Waals surface area contributed by atoms with Crippen molar-refractivity contribution < 1.29 is 32.7 Å². The number of anilines is 1. The van der Waals surface area contributed by atoms with Gasteiger partial charge in [0, 0.05) is 11.6 Å². The van der Waals surface area contributed by atoms with E-state index in [0.29, 0.717) is 11.2 Å². The average molecular weight is 645 g/mol. The molecule has 0 aliphatic carbocycles. The van der Waals surface area contributed by atoms with E-state index in [4.69, 9.17) is 23.4 Å². The lowest BCUT2D eigenvalue weighted by Gasteiger charge is -2.51. The van der Waals surface area contributed by atoms with Gasteiger partial charge in [0.25, 0.3) is 5.91 Å². The van der Waals surface area contributed by atoms with Crippen LogP contribution in [0.3, 0.4) is 0 Å². The second kappa shape index (κ2) is 12.0. The summed E-state index contributed by atoms with van der Waals surface area (Å²) in [5.74, 6) is -0.786. The molecule has 1 amide bonds. The predicted molar refractivity (Wildman–Crippen MR) is 168 cm³/mol. The van der Waals surface area contributed by atoms with Gasteiger partial charge in [-0.2, -0.15) is 0 Å². The Hall–Kier alpha value is -3.09. The number of ether oxygens (including phenoxy) is 1. The minimum atomic E-state index is -3.08. The highest BCUT2D eigenvalue weighted by molar-refractivity contribution is 6.84. The number of nitrogens with one attached hydrogen (secondary N) is 1. The van der Waals surface area contributed by atoms with Crippen LogP contribution in [0.25, 0.3) is 11.2 Å². The maximum Gasteiger partial charge on any atom is 0.335 e. The molecule has 2 aliphatic rings. The SMILES string of the molecule is CC(C)[Si]1(C(C)C)OC[C@H]2O[C@@H](n3cnc4c(N)ncnc43)[C@H](NC(=O)c3cc(O)cc(O)c3)[C@@H]2O[Si](C(C)C)(C(C)C)O1. The summed E-state index contributed by atoms with van der Waals surface area (Å²) in [6.07, 6.45) is 0.852. The van der Waals surface area contributed by atoms with Gasteiger partial charge in [-0.3, -0.25) is 9.36 Å². The monoisotopic (exact) mass is 644 g/mol. The first-order chi connectivity index (χ1) is 20.7. The molecule has 0 bridgehead atoms. The third-order valence-electron chi connectivity index (χ3n) is 8.80. The second-order valence-corrected chi connectivity index (χ2v) is 21.8. The van der Waals surface area contributed by atoms with Crippen molar-refractivity contribution >= 4 is 40.0 Å². The number of hydrogen-bond acceptors (Lipinski definition) is 11. The molecule has 0 saturated carbocycles. The Morgan fingerprint density at radius 3 is 2.16 bits per heavy atom. The number of hydrogen-bond donors (Lipinski definition) is 4. The molecule has 2 saturated heterocycles. The molecule has 0 unspecified atom stereocenters. The molecule has 5 N–H and O–H groups in total. The fourth-order valence-corrected chi connectivity index (χ4v) is 17.8. The minimum Gasteiger partial charge on any atom is -0.508 e. The Labute approximate surface area is 259 Å². The number of nitrogens with zero attached hydrogens (tertiary/aromatic N) is 4. The van der Waals surface area contributed by atoms with Gasteiger partial charge in [0.15, 0.2) is 17.7 Å². The maximum absolute atomic E-state index is 13.7. The lowest BCUT2D eigenvalue weighted by molar-refractivity contribution is -0.0547. The van der Waals surface area contributed by atoms with E-state index in [1.54, 1.807) is 10.9 Å². The van der Waals surface area contributed by atoms with E-state index >= 15 is 0 Å². The normalized spacial score (nSPS) is 25.0. The minimum absolute atomic E-state index is 0.0502. The highest BCUT2D eigenvalue weighted by atomic mass is 28.5. The van der Waals surface area contributed by atoms with Crippen molar-refractivity contribution in [1.29, 1.82) is 0 Å². The van der Waals surface area contributed by atoms with Crippen LogP contribution in [0.2, 0.25) is 22.2 Å². The molecule has 4 atom stereocenters. The Morgan fingerprint density at radius 1 is 0.955 bits per heavy atom. The largest absolute Gasteiger partial charge is 0.508 e. The summed E-state index contributed by atoms with van der Waals surface area (Å²) in [6.45, 7) is 17.3. The zero-order valence-electron chi connectivity index (χ0n) is 26.5. The highest BCUT2D eigenvalue weighted by Gasteiger charge is 2.62. The van der Waals surface area contributed by atoms with Gasteiger partial charge in [-0.25, -0.2) is 15.0 Å². The molecule has 15 heteroatoms. The molecule has 0 radical (unpaired) electrons. The summed E-state index contributed by atoms with van der Waals surface area (Å²) in [5, 5.41) is 23.3. The molecule has 1 aromatic carbocycles. The van der Waals surface area contributed by atoms with Crippen molar-refractivity contribution in [3.8, 4) is 11.5 Å². The number of rotatable bonds is 7. The van der Waals surface area contributed by atoms with Crippen LogP contribution in [0, 0.1) is 0 Å². The Morgan fingerprint density at radius 2 is 1.57 bits per heavy atom. The first kappa shape index (κ1) is 32.3. The highest BCUT2D eigenvalue weighted by Crippen LogP contribution is 2.48. The second-order valence-electron chi connectivity index (χ2n) is 12.9. The van der Waals surface area contributed by atoms with Gasteiger partial charge < -0.3 is 39.0 Å². The van der Waals surface area contributed by atoms with E-state index in [2.05, 4.69) is 75.7 Å². The van der Waals surface area contributed by atoms with Crippen LogP contribution in [-0.4, -0.2) is 77.6 Å². The zero-order valence-corrected chi connectivity index (χ0v) is 28.5. The van der Waals surface area contributed by atoms with Gasteiger partial charge in [0.2, 0.25) is 0 Å². The van der Waals surface area contributed by atoms with E-state index in [0.717, 1.165) is 6.07 Å². The lowest BCUT2D eigenvalue weighted by Crippen LogP contribution is -2.66. The molecular weight excluding hydrogens is 601 g/mol. The first-order valence-electron chi connectivity index (χ1n) is 15.1. The number of nitrogen functional groups attached to an aromatic ring is 1. The van der Waals surface area contributed by atoms with Gasteiger partial charge in [-0.15, -0.1) is 0 Å². The first-order valence-corrected chi connectivity index (χ1v) is 19.1. The van der Waals surface area contributed by atoms with E-state index in [9.17, 15) is 15.0 Å². The van der Waals surface area contributed by atoms with Gasteiger partial charge in [-0.1, -0.05) is 55.4 Å². The molecule has 240 valence electrons. The molecule has 13 nitrogen and oxygen atoms in total. The van der Waals surface area contributed by atoms with Crippen molar-refractivity contribution in [2.45, 2.75) is 102 Å². The van der Waals surface area contributed by atoms with Crippen molar-refractivity contribution in [3.63, 3.8) is 0 Å². The standard InChI is InChI=1S/C29H44N6O7Si2/c1-15(2)43(16(3)4)39-12-22-25(41-44(42-43,17(5)6)18(7)8)23(34-28(38)19-9-20(36)11-21(37)10-19)29(40-22)35-14-33-24-26(30)31-13-32-27(24)35/h9-11,13-18,22-23,25,29,36-37H,12H2,1-8H3,(H,34,38)(H2,30,31,32)/t22-,23-,25-,29-/m1/s1. The fourth-order valence-electron chi connectivity index (χ4n) is 6.57. The zero-order chi connectivity index (χ0) is 32.1.